The Hall–Kier alpha value is -3.20. The Labute approximate surface area is 182 Å². The average molecular weight is 473 g/mol. The van der Waals surface area contributed by atoms with Crippen LogP contribution < -0.4 is 10.6 Å². The van der Waals surface area contributed by atoms with Crippen molar-refractivity contribution in [1.29, 1.82) is 0 Å². The number of halogens is 1. The molecule has 0 unspecified atom stereocenters. The van der Waals surface area contributed by atoms with Crippen LogP contribution in [0.3, 0.4) is 0 Å². The van der Waals surface area contributed by atoms with Crippen LogP contribution in [0.5, 0.6) is 0 Å². The molecule has 0 aromatic heterocycles. The van der Waals surface area contributed by atoms with Gasteiger partial charge in [-0.2, -0.15) is 0 Å². The third kappa shape index (κ3) is 4.06. The van der Waals surface area contributed by atoms with E-state index in [2.05, 4.69) is 26.6 Å². The first-order chi connectivity index (χ1) is 14.1. The predicted molar refractivity (Wildman–Crippen MR) is 115 cm³/mol. The number of carbonyl (C=O) groups excluding carboxylic acids is 4. The monoisotopic (exact) mass is 472 g/mol. The van der Waals surface area contributed by atoms with Crippen molar-refractivity contribution in [3.63, 3.8) is 0 Å². The standard InChI is InChI=1S/C21H21BrN4O4/c1-21(15-6-4-5-7-16(15)22)19(29)26(20(30)24-21)12-17(27)23-14-10-8-13(9-11-14)18(28)25(2)3/h4-11H,12H2,1-3H3,(H,23,27)(H,24,30)/t21-/m0/s1. The summed E-state index contributed by atoms with van der Waals surface area (Å²) in [6.07, 6.45) is 0. The lowest BCUT2D eigenvalue weighted by Crippen LogP contribution is -2.42. The van der Waals surface area contributed by atoms with E-state index in [9.17, 15) is 19.2 Å². The molecule has 1 aliphatic rings. The predicted octanol–water partition coefficient (Wildman–Crippen LogP) is 2.56. The van der Waals surface area contributed by atoms with Gasteiger partial charge in [-0.15, -0.1) is 0 Å². The van der Waals surface area contributed by atoms with Crippen LogP contribution in [0.1, 0.15) is 22.8 Å². The highest BCUT2D eigenvalue weighted by Crippen LogP contribution is 2.33. The molecule has 1 fully saturated rings. The van der Waals surface area contributed by atoms with Gasteiger partial charge in [0.15, 0.2) is 0 Å². The van der Waals surface area contributed by atoms with Crippen molar-refractivity contribution >= 4 is 45.4 Å². The first-order valence-corrected chi connectivity index (χ1v) is 9.93. The minimum absolute atomic E-state index is 0.154. The van der Waals surface area contributed by atoms with E-state index >= 15 is 0 Å². The van der Waals surface area contributed by atoms with Crippen LogP contribution in [0.25, 0.3) is 0 Å². The topological polar surface area (TPSA) is 98.8 Å². The molecule has 5 amide bonds. The summed E-state index contributed by atoms with van der Waals surface area (Å²) in [5.41, 5.74) is 0.269. The van der Waals surface area contributed by atoms with E-state index in [0.717, 1.165) is 4.90 Å². The Morgan fingerprint density at radius 3 is 2.33 bits per heavy atom. The van der Waals surface area contributed by atoms with Gasteiger partial charge in [-0.05, 0) is 37.3 Å². The Bertz CT molecular complexity index is 1020. The van der Waals surface area contributed by atoms with Gasteiger partial charge in [-0.1, -0.05) is 34.1 Å². The number of anilines is 1. The summed E-state index contributed by atoms with van der Waals surface area (Å²) < 4.78 is 0.680. The molecule has 8 nitrogen and oxygen atoms in total. The molecule has 9 heteroatoms. The van der Waals surface area contributed by atoms with Crippen molar-refractivity contribution < 1.29 is 19.2 Å². The van der Waals surface area contributed by atoms with Gasteiger partial charge in [0.05, 0.1) is 0 Å². The number of nitrogens with one attached hydrogen (secondary N) is 2. The molecular formula is C21H21BrN4O4. The number of amides is 5. The second-order valence-electron chi connectivity index (χ2n) is 7.25. The number of hydrogen-bond acceptors (Lipinski definition) is 4. The van der Waals surface area contributed by atoms with E-state index in [1.807, 2.05) is 0 Å². The Morgan fingerprint density at radius 2 is 1.73 bits per heavy atom. The van der Waals surface area contributed by atoms with Gasteiger partial charge in [-0.3, -0.25) is 19.3 Å². The zero-order chi connectivity index (χ0) is 22.1. The van der Waals surface area contributed by atoms with Gasteiger partial charge in [-0.25, -0.2) is 4.79 Å². The minimum Gasteiger partial charge on any atom is -0.345 e. The second kappa shape index (κ2) is 8.27. The fraction of sp³-hybridized carbons (Fsp3) is 0.238. The average Bonchev–Trinajstić information content (AvgIpc) is 2.92. The van der Waals surface area contributed by atoms with Gasteiger partial charge >= 0.3 is 6.03 Å². The highest BCUT2D eigenvalue weighted by atomic mass is 79.9. The number of hydrogen-bond donors (Lipinski definition) is 2. The number of carbonyl (C=O) groups is 4. The SMILES string of the molecule is CN(C)C(=O)c1ccc(NC(=O)CN2C(=O)N[C@@](C)(c3ccccc3Br)C2=O)cc1. The summed E-state index contributed by atoms with van der Waals surface area (Å²) in [6.45, 7) is 1.18. The van der Waals surface area contributed by atoms with Crippen molar-refractivity contribution in [2.75, 3.05) is 26.0 Å². The fourth-order valence-corrected chi connectivity index (χ4v) is 3.87. The molecule has 30 heavy (non-hydrogen) atoms. The lowest BCUT2D eigenvalue weighted by molar-refractivity contribution is -0.133. The zero-order valence-electron chi connectivity index (χ0n) is 16.7. The van der Waals surface area contributed by atoms with Crippen LogP contribution in [0.4, 0.5) is 10.5 Å². The first-order valence-electron chi connectivity index (χ1n) is 9.14. The Morgan fingerprint density at radius 1 is 1.10 bits per heavy atom. The maximum absolute atomic E-state index is 13.0. The van der Waals surface area contributed by atoms with Crippen molar-refractivity contribution in [2.45, 2.75) is 12.5 Å². The molecule has 1 atom stereocenters. The highest BCUT2D eigenvalue weighted by Gasteiger charge is 2.50. The van der Waals surface area contributed by atoms with E-state index < -0.39 is 29.9 Å². The quantitative estimate of drug-likeness (QED) is 0.653. The highest BCUT2D eigenvalue weighted by molar-refractivity contribution is 9.10. The van der Waals surface area contributed by atoms with E-state index in [0.29, 0.717) is 21.3 Å². The third-order valence-corrected chi connectivity index (χ3v) is 5.50. The molecule has 0 saturated carbocycles. The van der Waals surface area contributed by atoms with Crippen LogP contribution in [0.15, 0.2) is 53.0 Å². The molecule has 0 spiro atoms. The fourth-order valence-electron chi connectivity index (χ4n) is 3.19. The molecule has 2 aromatic rings. The first kappa shape index (κ1) is 21.5. The zero-order valence-corrected chi connectivity index (χ0v) is 18.3. The van der Waals surface area contributed by atoms with E-state index in [1.165, 1.54) is 4.90 Å². The van der Waals surface area contributed by atoms with Gasteiger partial charge in [0.2, 0.25) is 5.91 Å². The van der Waals surface area contributed by atoms with Crippen LogP contribution in [0, 0.1) is 0 Å². The largest absolute Gasteiger partial charge is 0.345 e. The number of nitrogens with zero attached hydrogens (tertiary/aromatic N) is 2. The maximum atomic E-state index is 13.0. The van der Waals surface area contributed by atoms with E-state index in [4.69, 9.17) is 0 Å². The van der Waals surface area contributed by atoms with Crippen LogP contribution >= 0.6 is 15.9 Å². The summed E-state index contributed by atoms with van der Waals surface area (Å²) in [6, 6.07) is 12.8. The molecule has 1 heterocycles. The van der Waals surface area contributed by atoms with Crippen LogP contribution in [-0.2, 0) is 15.1 Å². The molecule has 2 aromatic carbocycles. The minimum atomic E-state index is -1.27. The van der Waals surface area contributed by atoms with Crippen LogP contribution in [0.2, 0.25) is 0 Å². The number of rotatable bonds is 5. The summed E-state index contributed by atoms with van der Waals surface area (Å²) in [7, 11) is 3.30. The smallest absolute Gasteiger partial charge is 0.325 e. The van der Waals surface area contributed by atoms with Gasteiger partial charge in [0.25, 0.3) is 11.8 Å². The lowest BCUT2D eigenvalue weighted by atomic mass is 9.92. The summed E-state index contributed by atoms with van der Waals surface area (Å²) in [5.74, 6) is -1.19. The lowest BCUT2D eigenvalue weighted by Gasteiger charge is -2.23. The van der Waals surface area contributed by atoms with Gasteiger partial charge in [0, 0.05) is 35.4 Å². The molecule has 0 aliphatic carbocycles. The van der Waals surface area contributed by atoms with Gasteiger partial charge < -0.3 is 15.5 Å². The summed E-state index contributed by atoms with van der Waals surface area (Å²) >= 11 is 3.40. The molecule has 2 N–H and O–H groups in total. The van der Waals surface area contributed by atoms with Crippen molar-refractivity contribution in [3.8, 4) is 0 Å². The Kier molecular flexibility index (Phi) is 5.93. The maximum Gasteiger partial charge on any atom is 0.325 e. The molecule has 0 bridgehead atoms. The summed E-state index contributed by atoms with van der Waals surface area (Å²) in [4.78, 5) is 52.1. The summed E-state index contributed by atoms with van der Waals surface area (Å²) in [5, 5.41) is 5.31. The van der Waals surface area contributed by atoms with Crippen molar-refractivity contribution in [1.82, 2.24) is 15.1 Å². The van der Waals surface area contributed by atoms with Gasteiger partial charge in [0.1, 0.15) is 12.1 Å². The Balaban J connectivity index is 1.70. The molecular weight excluding hydrogens is 452 g/mol. The van der Waals surface area contributed by atoms with Crippen molar-refractivity contribution in [2.24, 2.45) is 0 Å². The number of imide groups is 1. The third-order valence-electron chi connectivity index (χ3n) is 4.81. The molecule has 1 saturated heterocycles. The molecule has 0 radical (unpaired) electrons. The van der Waals surface area contributed by atoms with E-state index in [-0.39, 0.29) is 5.91 Å². The van der Waals surface area contributed by atoms with Crippen LogP contribution in [-0.4, -0.2) is 54.2 Å². The van der Waals surface area contributed by atoms with E-state index in [1.54, 1.807) is 69.6 Å². The number of urea groups is 1. The number of benzene rings is 2. The molecule has 156 valence electrons. The second-order valence-corrected chi connectivity index (χ2v) is 8.11. The van der Waals surface area contributed by atoms with Crippen molar-refractivity contribution in [3.05, 3.63) is 64.1 Å². The molecule has 1 aliphatic heterocycles. The molecule has 3 rings (SSSR count). The normalized spacial score (nSPS) is 18.2.